The first-order valence-electron chi connectivity index (χ1n) is 5.93. The van der Waals surface area contributed by atoms with E-state index in [1.165, 1.54) is 0 Å². The van der Waals surface area contributed by atoms with Crippen LogP contribution in [0.2, 0.25) is 0 Å². The summed E-state index contributed by atoms with van der Waals surface area (Å²) in [7, 11) is 0. The van der Waals surface area contributed by atoms with Crippen molar-refractivity contribution in [2.24, 2.45) is 11.1 Å². The molecule has 0 aliphatic carbocycles. The maximum absolute atomic E-state index is 11.7. The summed E-state index contributed by atoms with van der Waals surface area (Å²) in [5, 5.41) is 2.56. The first kappa shape index (κ1) is 13.1. The molecule has 0 saturated carbocycles. The Morgan fingerprint density at radius 3 is 2.68 bits per heavy atom. The second-order valence-electron chi connectivity index (χ2n) is 5.23. The van der Waals surface area contributed by atoms with Gasteiger partial charge in [0.15, 0.2) is 11.1 Å². The van der Waals surface area contributed by atoms with E-state index in [1.807, 2.05) is 18.2 Å². The number of benzene rings is 1. The number of guanidine groups is 1. The fourth-order valence-electron chi connectivity index (χ4n) is 1.38. The summed E-state index contributed by atoms with van der Waals surface area (Å²) in [4.78, 5) is 18.6. The molecule has 4 N–H and O–H groups in total. The van der Waals surface area contributed by atoms with Gasteiger partial charge in [-0.2, -0.15) is 0 Å². The van der Waals surface area contributed by atoms with Crippen molar-refractivity contribution in [3.63, 3.8) is 0 Å². The van der Waals surface area contributed by atoms with Gasteiger partial charge < -0.3 is 10.2 Å². The monoisotopic (exact) mass is 261 g/mol. The lowest BCUT2D eigenvalue weighted by Crippen LogP contribution is -2.74. The predicted octanol–water partition coefficient (Wildman–Crippen LogP) is 0.0169. The van der Waals surface area contributed by atoms with Gasteiger partial charge in [-0.15, -0.1) is 0 Å². The molecule has 0 fully saturated rings. The van der Waals surface area contributed by atoms with Crippen LogP contribution < -0.4 is 16.0 Å². The highest BCUT2D eigenvalue weighted by molar-refractivity contribution is 5.96. The highest BCUT2D eigenvalue weighted by Crippen LogP contribution is 2.14. The zero-order valence-electron chi connectivity index (χ0n) is 11.2. The van der Waals surface area contributed by atoms with Gasteiger partial charge >= 0.3 is 12.0 Å². The molecule has 1 heterocycles. The molecule has 0 radical (unpaired) electrons. The molecule has 19 heavy (non-hydrogen) atoms. The summed E-state index contributed by atoms with van der Waals surface area (Å²) in [6.45, 7) is 5.40. The van der Waals surface area contributed by atoms with Gasteiger partial charge in [0.05, 0.1) is 5.41 Å². The molecule has 0 aliphatic rings. The molecule has 0 unspecified atom stereocenters. The molecule has 6 nitrogen and oxygen atoms in total. The highest BCUT2D eigenvalue weighted by Gasteiger charge is 2.24. The predicted molar refractivity (Wildman–Crippen MR) is 71.4 cm³/mol. The van der Waals surface area contributed by atoms with Crippen molar-refractivity contribution in [3.05, 3.63) is 24.3 Å². The number of oxazole rings is 1. The van der Waals surface area contributed by atoms with E-state index in [9.17, 15) is 4.79 Å². The van der Waals surface area contributed by atoms with Gasteiger partial charge in [0.25, 0.3) is 5.91 Å². The third-order valence-corrected chi connectivity index (χ3v) is 2.46. The minimum atomic E-state index is -0.520. The minimum absolute atomic E-state index is 0.0893. The molecule has 1 amide bonds. The van der Waals surface area contributed by atoms with Crippen LogP contribution in [0.25, 0.3) is 11.1 Å². The maximum atomic E-state index is 11.7. The average Bonchev–Trinajstić information content (AvgIpc) is 2.69. The van der Waals surface area contributed by atoms with Crippen LogP contribution in [0.5, 0.6) is 0 Å². The summed E-state index contributed by atoms with van der Waals surface area (Å²) in [5.41, 5.74) is 6.55. The Morgan fingerprint density at radius 2 is 2.05 bits per heavy atom. The van der Waals surface area contributed by atoms with Crippen LogP contribution in [0.15, 0.2) is 28.7 Å². The molecule has 1 aromatic carbocycles. The van der Waals surface area contributed by atoms with Crippen molar-refractivity contribution in [2.75, 3.05) is 0 Å². The second-order valence-corrected chi connectivity index (χ2v) is 5.23. The fourth-order valence-corrected chi connectivity index (χ4v) is 1.38. The van der Waals surface area contributed by atoms with E-state index < -0.39 is 5.41 Å². The van der Waals surface area contributed by atoms with E-state index in [2.05, 4.69) is 15.3 Å². The summed E-state index contributed by atoms with van der Waals surface area (Å²) >= 11 is 0. The van der Waals surface area contributed by atoms with Crippen molar-refractivity contribution < 1.29 is 14.2 Å². The Hall–Kier alpha value is -2.37. The van der Waals surface area contributed by atoms with E-state index in [-0.39, 0.29) is 17.9 Å². The zero-order valence-corrected chi connectivity index (χ0v) is 11.2. The number of fused-ring (bicyclic) bond motifs is 1. The van der Waals surface area contributed by atoms with Crippen LogP contribution in [-0.2, 0) is 4.79 Å². The summed E-state index contributed by atoms with van der Waals surface area (Å²) in [6.07, 6.45) is 0. The van der Waals surface area contributed by atoms with Crippen molar-refractivity contribution in [2.45, 2.75) is 20.8 Å². The first-order chi connectivity index (χ1) is 8.86. The van der Waals surface area contributed by atoms with E-state index in [1.54, 1.807) is 26.8 Å². The molecule has 1 aromatic heterocycles. The molecule has 0 saturated heterocycles. The van der Waals surface area contributed by atoms with E-state index in [0.29, 0.717) is 5.58 Å². The average molecular weight is 261 g/mol. The van der Waals surface area contributed by atoms with Crippen LogP contribution in [-0.4, -0.2) is 16.9 Å². The molecule has 0 spiro atoms. The highest BCUT2D eigenvalue weighted by atomic mass is 16.4. The topological polar surface area (TPSA) is 95.1 Å². The van der Waals surface area contributed by atoms with Gasteiger partial charge in [0.2, 0.25) is 0 Å². The van der Waals surface area contributed by atoms with E-state index >= 15 is 0 Å². The number of hydrogen-bond donors (Lipinski definition) is 3. The van der Waals surface area contributed by atoms with Crippen LogP contribution in [0.3, 0.4) is 0 Å². The minimum Gasteiger partial charge on any atom is -0.404 e. The number of nitrogens with two attached hydrogens (primary N) is 1. The Labute approximate surface area is 110 Å². The molecule has 0 aliphatic heterocycles. The van der Waals surface area contributed by atoms with E-state index in [4.69, 9.17) is 10.2 Å². The molecule has 2 rings (SSSR count). The lowest BCUT2D eigenvalue weighted by molar-refractivity contribution is -0.381. The third kappa shape index (κ3) is 3.09. The van der Waals surface area contributed by atoms with E-state index in [0.717, 1.165) is 5.52 Å². The normalized spacial score (nSPS) is 12.7. The maximum Gasteiger partial charge on any atom is 0.406 e. The number of rotatable bonds is 1. The smallest absolute Gasteiger partial charge is 0.404 e. The molecule has 6 heteroatoms. The van der Waals surface area contributed by atoms with Gasteiger partial charge in [-0.25, -0.2) is 10.3 Å². The van der Waals surface area contributed by atoms with Crippen LogP contribution in [0.4, 0.5) is 6.01 Å². The lowest BCUT2D eigenvalue weighted by atomic mass is 9.96. The Bertz CT molecular complexity index is 604. The lowest BCUT2D eigenvalue weighted by Gasteiger charge is -2.13. The standard InChI is InChI=1S/C13H16N4O2/c1-13(2,3)10(18)16-11(14)17-12-15-8-6-4-5-7-9(8)19-12/h4-7H,1-3H3,(H3,14,15,16,17,18)/p+1. The number of amides is 1. The van der Waals surface area contributed by atoms with Crippen molar-refractivity contribution in [1.29, 1.82) is 0 Å². The van der Waals surface area contributed by atoms with Crippen molar-refractivity contribution in [1.82, 2.24) is 10.3 Å². The molecule has 0 atom stereocenters. The Morgan fingerprint density at radius 1 is 1.37 bits per heavy atom. The van der Waals surface area contributed by atoms with Crippen molar-refractivity contribution in [3.8, 4) is 0 Å². The number of para-hydroxylation sites is 2. The number of carbonyl (C=O) groups is 1. The Balaban J connectivity index is 2.18. The van der Waals surface area contributed by atoms with Gasteiger partial charge in [-0.05, 0) is 12.1 Å². The summed E-state index contributed by atoms with van der Waals surface area (Å²) < 4.78 is 5.43. The largest absolute Gasteiger partial charge is 0.406 e. The summed E-state index contributed by atoms with van der Waals surface area (Å²) in [5.74, 6) is -0.0971. The quantitative estimate of drug-likeness (QED) is 0.498. The Kier molecular flexibility index (Phi) is 3.25. The van der Waals surface area contributed by atoms with Crippen molar-refractivity contribution >= 4 is 29.0 Å². The van der Waals surface area contributed by atoms with Gasteiger partial charge in [0, 0.05) is 0 Å². The molecular formula is C13H17N4O2+. The molecule has 100 valence electrons. The third-order valence-electron chi connectivity index (χ3n) is 2.46. The zero-order chi connectivity index (χ0) is 14.0. The van der Waals surface area contributed by atoms with Gasteiger partial charge in [-0.1, -0.05) is 37.9 Å². The number of carbonyl (C=O) groups excluding carboxylic acids is 1. The van der Waals surface area contributed by atoms with Gasteiger partial charge in [0.1, 0.15) is 0 Å². The van der Waals surface area contributed by atoms with Crippen LogP contribution in [0.1, 0.15) is 20.8 Å². The number of nitrogens with one attached hydrogen (secondary N) is 2. The summed E-state index contributed by atoms with van der Waals surface area (Å²) in [6, 6.07) is 7.59. The molecular weight excluding hydrogens is 244 g/mol. The van der Waals surface area contributed by atoms with Crippen LogP contribution >= 0.6 is 0 Å². The fraction of sp³-hybridized carbons (Fsp3) is 0.308. The van der Waals surface area contributed by atoms with Gasteiger partial charge in [-0.3, -0.25) is 4.79 Å². The number of aromatic nitrogens is 1. The number of hydrogen-bond acceptors (Lipinski definition) is 3. The SMILES string of the molecule is CC(C)(C)C(=O)NC(N)=[NH+]c1nc2ccccc2o1. The molecule has 2 aromatic rings. The molecule has 0 bridgehead atoms. The van der Waals surface area contributed by atoms with Crippen LogP contribution in [0, 0.1) is 5.41 Å². The number of nitrogens with zero attached hydrogens (tertiary/aromatic N) is 1. The first-order valence-corrected chi connectivity index (χ1v) is 5.93. The second kappa shape index (κ2) is 4.72.